The van der Waals surface area contributed by atoms with Crippen LogP contribution in [0, 0.1) is 18.4 Å². The molecule has 2 heterocycles. The maximum Gasteiger partial charge on any atom is 0.310 e. The zero-order valence-electron chi connectivity index (χ0n) is 22.3. The Balaban J connectivity index is 1.83. The number of alkyl halides is 2. The minimum atomic E-state index is -10.1. The topological polar surface area (TPSA) is 98.6 Å². The number of amides is 2. The maximum atomic E-state index is 14.1. The summed E-state index contributed by atoms with van der Waals surface area (Å²) in [6.45, 7) is 1.39. The molecule has 1 aliphatic carbocycles. The lowest BCUT2D eigenvalue weighted by Crippen LogP contribution is -2.56. The summed E-state index contributed by atoms with van der Waals surface area (Å²) in [6.07, 6.45) is 3.42. The van der Waals surface area contributed by atoms with Gasteiger partial charge in [0.2, 0.25) is 11.8 Å². The Hall–Kier alpha value is -3.58. The van der Waals surface area contributed by atoms with E-state index in [9.17, 15) is 43.1 Å². The molecular formula is C26H28F7N5O3S. The largest absolute Gasteiger partial charge is 0.377 e. The van der Waals surface area contributed by atoms with Crippen LogP contribution in [0.15, 0.2) is 47.6 Å². The summed E-state index contributed by atoms with van der Waals surface area (Å²) in [6, 6.07) is -0.603. The lowest BCUT2D eigenvalue weighted by atomic mass is 9.91. The highest BCUT2D eigenvalue weighted by Gasteiger charge is 2.65. The summed E-state index contributed by atoms with van der Waals surface area (Å²) in [5.41, 5.74) is 0.230. The summed E-state index contributed by atoms with van der Waals surface area (Å²) in [5.74, 6) is -4.68. The first kappa shape index (κ1) is 31.4. The molecule has 1 saturated carbocycles. The van der Waals surface area contributed by atoms with E-state index >= 15 is 0 Å². The Labute approximate surface area is 237 Å². The van der Waals surface area contributed by atoms with Gasteiger partial charge in [0.05, 0.1) is 19.8 Å². The molecule has 2 aliphatic rings. The number of pyridine rings is 1. The van der Waals surface area contributed by atoms with Crippen LogP contribution in [0.2, 0.25) is 0 Å². The van der Waals surface area contributed by atoms with Gasteiger partial charge < -0.3 is 10.1 Å². The van der Waals surface area contributed by atoms with Crippen LogP contribution < -0.4 is 10.2 Å². The maximum absolute atomic E-state index is 14.1. The lowest BCUT2D eigenvalue weighted by molar-refractivity contribution is -0.132. The van der Waals surface area contributed by atoms with Crippen LogP contribution in [-0.2, 0) is 14.3 Å². The number of carbonyl (C=O) groups is 2. The van der Waals surface area contributed by atoms with Gasteiger partial charge in [-0.1, -0.05) is 19.4 Å². The Morgan fingerprint density at radius 2 is 1.79 bits per heavy atom. The number of anilines is 1. The number of carbonyl (C=O) groups excluding carboxylic acids is 2. The second-order valence-electron chi connectivity index (χ2n) is 10.3. The first-order chi connectivity index (χ1) is 19.4. The molecule has 2 amide bonds. The Morgan fingerprint density at radius 3 is 2.36 bits per heavy atom. The number of nitrogens with one attached hydrogen (secondary N) is 1. The second kappa shape index (κ2) is 10.6. The van der Waals surface area contributed by atoms with E-state index in [4.69, 9.17) is 4.74 Å². The van der Waals surface area contributed by atoms with Gasteiger partial charge in [-0.3, -0.25) is 24.4 Å². The van der Waals surface area contributed by atoms with Crippen molar-refractivity contribution >= 4 is 27.7 Å². The summed E-state index contributed by atoms with van der Waals surface area (Å²) in [7, 11) is -10.1. The van der Waals surface area contributed by atoms with Gasteiger partial charge in [-0.25, -0.2) is 8.78 Å². The fourth-order valence-corrected chi connectivity index (χ4v) is 5.63. The molecule has 0 radical (unpaired) electrons. The van der Waals surface area contributed by atoms with E-state index in [1.54, 1.807) is 6.92 Å². The molecule has 1 aromatic heterocycles. The van der Waals surface area contributed by atoms with Crippen LogP contribution in [0.3, 0.4) is 0 Å². The molecule has 16 heteroatoms. The Morgan fingerprint density at radius 1 is 1.14 bits per heavy atom. The van der Waals surface area contributed by atoms with Crippen molar-refractivity contribution < 1.29 is 42.5 Å². The van der Waals surface area contributed by atoms with E-state index in [1.165, 1.54) is 18.5 Å². The number of aryl methyl sites for hydroxylation is 1. The molecule has 1 N–H and O–H groups in total. The van der Waals surface area contributed by atoms with Gasteiger partial charge in [-0.05, 0) is 55.7 Å². The smallest absolute Gasteiger partial charge is 0.310 e. The van der Waals surface area contributed by atoms with Crippen molar-refractivity contribution in [1.82, 2.24) is 15.2 Å². The number of aromatic nitrogens is 1. The van der Waals surface area contributed by atoms with Gasteiger partial charge in [0.25, 0.3) is 5.91 Å². The molecule has 0 bridgehead atoms. The minimum Gasteiger partial charge on any atom is -0.377 e. The number of benzene rings is 1. The number of rotatable bonds is 7. The minimum absolute atomic E-state index is 0.00295. The molecule has 0 spiro atoms. The van der Waals surface area contributed by atoms with Crippen molar-refractivity contribution in [2.24, 2.45) is 0 Å². The molecule has 42 heavy (non-hydrogen) atoms. The molecule has 2 atom stereocenters. The fraction of sp³-hybridized carbons (Fsp3) is 0.462. The number of nitriles is 1. The highest BCUT2D eigenvalue weighted by atomic mass is 32.5. The summed E-state index contributed by atoms with van der Waals surface area (Å²) in [5, 5.41) is 12.3. The average Bonchev–Trinajstić information content (AvgIpc) is 2.92. The van der Waals surface area contributed by atoms with Crippen LogP contribution in [0.1, 0.15) is 42.9 Å². The summed E-state index contributed by atoms with van der Waals surface area (Å²) < 4.78 is 100. The van der Waals surface area contributed by atoms with Crippen LogP contribution >= 0.6 is 10.2 Å². The van der Waals surface area contributed by atoms with Gasteiger partial charge >= 0.3 is 10.2 Å². The molecule has 1 saturated heterocycles. The number of hydrogen-bond donors (Lipinski definition) is 1. The standard InChI is InChI=1S/C26H28F7N5O3S/c1-17-8-11-35-14-21(17)23(24(39)36-18-6-9-26(27,28)10-7-18)38(25(40)22-15-41-13-12-37(22)16-34)19-2-4-20(5-3-19)42(29,30,31,32)33/h2-5,8,11,14,18,22-23H,6-7,9-10,12-13,15H2,1H3,(H,36,39). The van der Waals surface area contributed by atoms with Crippen LogP contribution in [-0.4, -0.2) is 59.5 Å². The van der Waals surface area contributed by atoms with Crippen molar-refractivity contribution in [3.05, 3.63) is 53.9 Å². The molecule has 230 valence electrons. The molecular weight excluding hydrogens is 595 g/mol. The van der Waals surface area contributed by atoms with E-state index in [0.717, 1.165) is 9.80 Å². The SMILES string of the molecule is Cc1ccncc1C(C(=O)NC1CCC(F)(F)CC1)N(C(=O)C1COCCN1C#N)c1ccc(S(F)(F)(F)(F)F)cc1. The number of morpholine rings is 1. The monoisotopic (exact) mass is 623 g/mol. The third kappa shape index (κ3) is 7.06. The molecule has 2 fully saturated rings. The van der Waals surface area contributed by atoms with Crippen molar-refractivity contribution in [2.45, 2.75) is 61.6 Å². The van der Waals surface area contributed by atoms with Crippen molar-refractivity contribution in [3.63, 3.8) is 0 Å². The highest BCUT2D eigenvalue weighted by molar-refractivity contribution is 8.45. The van der Waals surface area contributed by atoms with E-state index in [1.807, 2.05) is 6.19 Å². The third-order valence-corrected chi connectivity index (χ3v) is 8.45. The van der Waals surface area contributed by atoms with E-state index in [0.29, 0.717) is 17.7 Å². The summed E-state index contributed by atoms with van der Waals surface area (Å²) >= 11 is 0. The first-order valence-electron chi connectivity index (χ1n) is 12.9. The predicted octanol–water partition coefficient (Wildman–Crippen LogP) is 6.00. The van der Waals surface area contributed by atoms with Crippen molar-refractivity contribution in [2.75, 3.05) is 24.7 Å². The molecule has 2 aromatic rings. The van der Waals surface area contributed by atoms with Gasteiger partial charge in [0.1, 0.15) is 17.0 Å². The van der Waals surface area contributed by atoms with E-state index in [-0.39, 0.29) is 56.0 Å². The number of nitrogens with zero attached hydrogens (tertiary/aromatic N) is 4. The van der Waals surface area contributed by atoms with Crippen LogP contribution in [0.5, 0.6) is 0 Å². The number of halogens is 7. The zero-order chi connectivity index (χ0) is 31.0. The quantitative estimate of drug-likeness (QED) is 0.300. The van der Waals surface area contributed by atoms with Gasteiger partial charge in [0, 0.05) is 42.5 Å². The van der Waals surface area contributed by atoms with Crippen molar-refractivity contribution in [1.29, 1.82) is 5.26 Å². The molecule has 1 aliphatic heterocycles. The molecule has 8 nitrogen and oxygen atoms in total. The molecule has 2 unspecified atom stereocenters. The number of ether oxygens (including phenoxy) is 1. The van der Waals surface area contributed by atoms with Crippen LogP contribution in [0.4, 0.5) is 33.9 Å². The van der Waals surface area contributed by atoms with Gasteiger partial charge in [-0.15, -0.1) is 0 Å². The van der Waals surface area contributed by atoms with E-state index < -0.39 is 63.8 Å². The van der Waals surface area contributed by atoms with Gasteiger partial charge in [0.15, 0.2) is 6.19 Å². The summed E-state index contributed by atoms with van der Waals surface area (Å²) in [4.78, 5) is 31.7. The number of hydrogen-bond acceptors (Lipinski definition) is 6. The second-order valence-corrected chi connectivity index (χ2v) is 12.7. The molecule has 4 rings (SSSR count). The van der Waals surface area contributed by atoms with E-state index in [2.05, 4.69) is 10.3 Å². The lowest BCUT2D eigenvalue weighted by Gasteiger charge is -2.41. The predicted molar refractivity (Wildman–Crippen MR) is 139 cm³/mol. The third-order valence-electron chi connectivity index (χ3n) is 7.28. The average molecular weight is 624 g/mol. The normalized spacial score (nSPS) is 21.8. The highest BCUT2D eigenvalue weighted by Crippen LogP contribution is 3.02. The first-order valence-corrected chi connectivity index (χ1v) is 14.9. The molecule has 1 aromatic carbocycles. The van der Waals surface area contributed by atoms with Crippen LogP contribution in [0.25, 0.3) is 0 Å². The van der Waals surface area contributed by atoms with Gasteiger partial charge in [-0.2, -0.15) is 5.26 Å². The fourth-order valence-electron chi connectivity index (χ4n) is 4.98. The Bertz CT molecular complexity index is 1380. The van der Waals surface area contributed by atoms with Crippen molar-refractivity contribution in [3.8, 4) is 6.19 Å². The zero-order valence-corrected chi connectivity index (χ0v) is 23.1. The Kier molecular flexibility index (Phi) is 7.92.